The van der Waals surface area contributed by atoms with Crippen molar-refractivity contribution in [1.29, 1.82) is 0 Å². The number of aliphatic hydroxyl groups is 2. The van der Waals surface area contributed by atoms with E-state index in [9.17, 15) is 0 Å². The lowest BCUT2D eigenvalue weighted by Crippen LogP contribution is -2.31. The average Bonchev–Trinajstić information content (AvgIpc) is 2.29. The number of hydrogen-bond acceptors (Lipinski definition) is 6. The predicted molar refractivity (Wildman–Crippen MR) is 62.7 cm³/mol. The first-order valence-electron chi connectivity index (χ1n) is 5.20. The molecule has 0 fully saturated rings. The van der Waals surface area contributed by atoms with Crippen LogP contribution in [0.3, 0.4) is 0 Å². The van der Waals surface area contributed by atoms with E-state index in [1.54, 1.807) is 7.05 Å². The highest BCUT2D eigenvalue weighted by molar-refractivity contribution is 5.57. The SMILES string of the molecule is CNc1ncnc(N(CCO)CCO)c1C. The molecule has 6 nitrogen and oxygen atoms in total. The molecule has 0 unspecified atom stereocenters. The molecule has 16 heavy (non-hydrogen) atoms. The summed E-state index contributed by atoms with van der Waals surface area (Å²) in [6.07, 6.45) is 1.47. The largest absolute Gasteiger partial charge is 0.395 e. The maximum Gasteiger partial charge on any atom is 0.137 e. The molecule has 0 saturated carbocycles. The summed E-state index contributed by atoms with van der Waals surface area (Å²) in [5.74, 6) is 1.49. The van der Waals surface area contributed by atoms with Crippen molar-refractivity contribution in [2.45, 2.75) is 6.92 Å². The first kappa shape index (κ1) is 12.7. The van der Waals surface area contributed by atoms with Gasteiger partial charge in [-0.1, -0.05) is 0 Å². The van der Waals surface area contributed by atoms with Gasteiger partial charge in [-0.2, -0.15) is 0 Å². The average molecular weight is 226 g/mol. The molecule has 1 rings (SSSR count). The van der Waals surface area contributed by atoms with E-state index in [4.69, 9.17) is 10.2 Å². The molecule has 0 aliphatic carbocycles. The minimum atomic E-state index is 0.0261. The van der Waals surface area contributed by atoms with Crippen molar-refractivity contribution >= 4 is 11.6 Å². The third kappa shape index (κ3) is 2.80. The second kappa shape index (κ2) is 6.24. The Kier molecular flexibility index (Phi) is 4.94. The Labute approximate surface area is 95.0 Å². The van der Waals surface area contributed by atoms with E-state index in [2.05, 4.69) is 15.3 Å². The molecule has 0 amide bonds. The summed E-state index contributed by atoms with van der Waals surface area (Å²) >= 11 is 0. The van der Waals surface area contributed by atoms with E-state index < -0.39 is 0 Å². The van der Waals surface area contributed by atoms with Crippen LogP contribution in [0.15, 0.2) is 6.33 Å². The van der Waals surface area contributed by atoms with Crippen molar-refractivity contribution in [2.75, 3.05) is 43.6 Å². The molecule has 1 aromatic rings. The van der Waals surface area contributed by atoms with Gasteiger partial charge in [-0.05, 0) is 6.92 Å². The molecule has 0 saturated heterocycles. The molecule has 0 bridgehead atoms. The van der Waals surface area contributed by atoms with Crippen molar-refractivity contribution in [3.05, 3.63) is 11.9 Å². The molecule has 0 radical (unpaired) electrons. The summed E-state index contributed by atoms with van der Waals surface area (Å²) in [5.41, 5.74) is 0.909. The van der Waals surface area contributed by atoms with E-state index in [-0.39, 0.29) is 13.2 Å². The van der Waals surface area contributed by atoms with Crippen molar-refractivity contribution < 1.29 is 10.2 Å². The van der Waals surface area contributed by atoms with Gasteiger partial charge >= 0.3 is 0 Å². The van der Waals surface area contributed by atoms with Gasteiger partial charge in [0.1, 0.15) is 18.0 Å². The van der Waals surface area contributed by atoms with Crippen LogP contribution in [0.25, 0.3) is 0 Å². The smallest absolute Gasteiger partial charge is 0.137 e. The number of aromatic nitrogens is 2. The van der Waals surface area contributed by atoms with Crippen molar-refractivity contribution in [1.82, 2.24) is 9.97 Å². The van der Waals surface area contributed by atoms with Crippen LogP contribution in [0.1, 0.15) is 5.56 Å². The lowest BCUT2D eigenvalue weighted by molar-refractivity contribution is 0.280. The number of hydrogen-bond donors (Lipinski definition) is 3. The Morgan fingerprint density at radius 1 is 1.25 bits per heavy atom. The number of rotatable bonds is 6. The molecule has 90 valence electrons. The van der Waals surface area contributed by atoms with Gasteiger partial charge < -0.3 is 20.4 Å². The van der Waals surface area contributed by atoms with Crippen LogP contribution in [0.2, 0.25) is 0 Å². The topological polar surface area (TPSA) is 81.5 Å². The highest BCUT2D eigenvalue weighted by atomic mass is 16.3. The molecule has 6 heteroatoms. The van der Waals surface area contributed by atoms with Crippen molar-refractivity contribution in [2.24, 2.45) is 0 Å². The molecule has 0 aliphatic heterocycles. The molecule has 0 aliphatic rings. The number of nitrogens with zero attached hydrogens (tertiary/aromatic N) is 3. The summed E-state index contributed by atoms with van der Waals surface area (Å²) < 4.78 is 0. The Morgan fingerprint density at radius 3 is 2.38 bits per heavy atom. The van der Waals surface area contributed by atoms with Crippen LogP contribution in [0.5, 0.6) is 0 Å². The summed E-state index contributed by atoms with van der Waals surface area (Å²) in [5, 5.41) is 20.9. The van der Waals surface area contributed by atoms with Gasteiger partial charge in [0.15, 0.2) is 0 Å². The number of aliphatic hydroxyl groups excluding tert-OH is 2. The summed E-state index contributed by atoms with van der Waals surface area (Å²) in [6, 6.07) is 0. The molecular weight excluding hydrogens is 208 g/mol. The second-order valence-electron chi connectivity index (χ2n) is 3.36. The van der Waals surface area contributed by atoms with Crippen molar-refractivity contribution in [3.63, 3.8) is 0 Å². The van der Waals surface area contributed by atoms with Gasteiger partial charge in [0.05, 0.1) is 13.2 Å². The van der Waals surface area contributed by atoms with Crippen LogP contribution in [0.4, 0.5) is 11.6 Å². The van der Waals surface area contributed by atoms with Gasteiger partial charge in [0.2, 0.25) is 0 Å². The Balaban J connectivity index is 2.98. The first-order valence-corrected chi connectivity index (χ1v) is 5.20. The Morgan fingerprint density at radius 2 is 1.88 bits per heavy atom. The molecule has 1 heterocycles. The zero-order valence-electron chi connectivity index (χ0n) is 9.64. The zero-order chi connectivity index (χ0) is 12.0. The molecule has 1 aromatic heterocycles. The fourth-order valence-electron chi connectivity index (χ4n) is 1.58. The van der Waals surface area contributed by atoms with E-state index in [0.717, 1.165) is 17.2 Å². The van der Waals surface area contributed by atoms with Crippen LogP contribution < -0.4 is 10.2 Å². The molecular formula is C10H18N4O2. The predicted octanol–water partition coefficient (Wildman–Crippen LogP) is -0.382. The monoisotopic (exact) mass is 226 g/mol. The third-order valence-corrected chi connectivity index (χ3v) is 2.33. The number of nitrogens with one attached hydrogen (secondary N) is 1. The quantitative estimate of drug-likeness (QED) is 0.613. The Bertz CT molecular complexity index is 327. The Hall–Kier alpha value is -1.40. The maximum absolute atomic E-state index is 8.96. The van der Waals surface area contributed by atoms with E-state index in [1.807, 2.05) is 11.8 Å². The van der Waals surface area contributed by atoms with Gasteiger partial charge in [-0.25, -0.2) is 9.97 Å². The zero-order valence-corrected chi connectivity index (χ0v) is 9.64. The minimum Gasteiger partial charge on any atom is -0.395 e. The first-order chi connectivity index (χ1) is 7.74. The van der Waals surface area contributed by atoms with Crippen LogP contribution in [-0.4, -0.2) is 53.5 Å². The third-order valence-electron chi connectivity index (χ3n) is 2.33. The highest BCUT2D eigenvalue weighted by Crippen LogP contribution is 2.21. The lowest BCUT2D eigenvalue weighted by Gasteiger charge is -2.23. The second-order valence-corrected chi connectivity index (χ2v) is 3.36. The van der Waals surface area contributed by atoms with Crippen LogP contribution >= 0.6 is 0 Å². The minimum absolute atomic E-state index is 0.0261. The molecule has 0 atom stereocenters. The summed E-state index contributed by atoms with van der Waals surface area (Å²) in [4.78, 5) is 10.1. The van der Waals surface area contributed by atoms with Crippen LogP contribution in [-0.2, 0) is 0 Å². The van der Waals surface area contributed by atoms with Crippen LogP contribution in [0, 0.1) is 6.92 Å². The normalized spacial score (nSPS) is 10.2. The van der Waals surface area contributed by atoms with Gasteiger partial charge in [-0.15, -0.1) is 0 Å². The maximum atomic E-state index is 8.96. The van der Waals surface area contributed by atoms with Gasteiger partial charge in [-0.3, -0.25) is 0 Å². The fourth-order valence-corrected chi connectivity index (χ4v) is 1.58. The summed E-state index contributed by atoms with van der Waals surface area (Å²) in [7, 11) is 1.79. The van der Waals surface area contributed by atoms with E-state index >= 15 is 0 Å². The standard InChI is InChI=1S/C10H18N4O2/c1-8-9(11-2)12-7-13-10(8)14(3-5-15)4-6-16/h7,15-16H,3-6H2,1-2H3,(H,11,12,13). The van der Waals surface area contributed by atoms with Crippen molar-refractivity contribution in [3.8, 4) is 0 Å². The van der Waals surface area contributed by atoms with E-state index in [0.29, 0.717) is 13.1 Å². The molecule has 3 N–H and O–H groups in total. The molecule has 0 spiro atoms. The van der Waals surface area contributed by atoms with E-state index in [1.165, 1.54) is 6.33 Å². The highest BCUT2D eigenvalue weighted by Gasteiger charge is 2.12. The van der Waals surface area contributed by atoms with Gasteiger partial charge in [0, 0.05) is 25.7 Å². The molecule has 0 aromatic carbocycles. The fraction of sp³-hybridized carbons (Fsp3) is 0.600. The summed E-state index contributed by atoms with van der Waals surface area (Å²) in [6.45, 7) is 2.85. The lowest BCUT2D eigenvalue weighted by atomic mass is 10.3. The van der Waals surface area contributed by atoms with Gasteiger partial charge in [0.25, 0.3) is 0 Å². The number of anilines is 2.